The van der Waals surface area contributed by atoms with Crippen molar-refractivity contribution in [3.63, 3.8) is 0 Å². The summed E-state index contributed by atoms with van der Waals surface area (Å²) in [4.78, 5) is 0. The third kappa shape index (κ3) is 6.12. The number of benzene rings is 3. The molecule has 4 heteroatoms. The predicted molar refractivity (Wildman–Crippen MR) is 115 cm³/mol. The smallest absolute Gasteiger partial charge is 0.416 e. The summed E-state index contributed by atoms with van der Waals surface area (Å²) in [7, 11) is 0. The van der Waals surface area contributed by atoms with Gasteiger partial charge in [-0.3, -0.25) is 0 Å². The maximum atomic E-state index is 12.8. The number of hydrogen-bond donors (Lipinski definition) is 0. The first kappa shape index (κ1) is 21.9. The predicted octanol–water partition coefficient (Wildman–Crippen LogP) is 8.32. The fourth-order valence-corrected chi connectivity index (χ4v) is 3.41. The number of alkyl halides is 3. The topological polar surface area (TPSA) is 9.23 Å². The van der Waals surface area contributed by atoms with Crippen LogP contribution in [0, 0.1) is 5.92 Å². The summed E-state index contributed by atoms with van der Waals surface area (Å²) in [5.74, 6) is 1.41. The highest BCUT2D eigenvalue weighted by Gasteiger charge is 2.29. The standard InChI is InChI=1S/C26H27F3O/c1-19(2)7-6-10-25(22-8-4-3-5-9-22)30-24-17-13-21(14-18-24)20-11-15-23(16-12-20)26(27,28)29/h3-5,8-9,11-19,25H,6-7,10H2,1-2H3. The Morgan fingerprint density at radius 2 is 1.30 bits per heavy atom. The van der Waals surface area contributed by atoms with Crippen LogP contribution in [-0.4, -0.2) is 0 Å². The Bertz CT molecular complexity index is 898. The molecule has 0 saturated heterocycles. The Kier molecular flexibility index (Phi) is 7.20. The molecule has 0 spiro atoms. The zero-order valence-electron chi connectivity index (χ0n) is 17.3. The van der Waals surface area contributed by atoms with Crippen molar-refractivity contribution in [2.24, 2.45) is 5.92 Å². The molecule has 0 saturated carbocycles. The van der Waals surface area contributed by atoms with Crippen molar-refractivity contribution in [1.82, 2.24) is 0 Å². The first-order valence-corrected chi connectivity index (χ1v) is 10.3. The Hall–Kier alpha value is -2.75. The highest BCUT2D eigenvalue weighted by Crippen LogP contribution is 2.32. The zero-order chi connectivity index (χ0) is 21.6. The van der Waals surface area contributed by atoms with Gasteiger partial charge < -0.3 is 4.74 Å². The summed E-state index contributed by atoms with van der Waals surface area (Å²) in [5.41, 5.74) is 2.10. The van der Waals surface area contributed by atoms with Gasteiger partial charge in [0.2, 0.25) is 0 Å². The average molecular weight is 412 g/mol. The van der Waals surface area contributed by atoms with E-state index in [0.29, 0.717) is 5.92 Å². The van der Waals surface area contributed by atoms with Gasteiger partial charge in [0.25, 0.3) is 0 Å². The van der Waals surface area contributed by atoms with Crippen molar-refractivity contribution in [2.75, 3.05) is 0 Å². The summed E-state index contributed by atoms with van der Waals surface area (Å²) in [6.45, 7) is 4.44. The van der Waals surface area contributed by atoms with Gasteiger partial charge in [-0.1, -0.05) is 74.9 Å². The lowest BCUT2D eigenvalue weighted by Gasteiger charge is -2.20. The molecule has 30 heavy (non-hydrogen) atoms. The molecule has 1 atom stereocenters. The van der Waals surface area contributed by atoms with Crippen molar-refractivity contribution in [3.05, 3.63) is 90.0 Å². The van der Waals surface area contributed by atoms with E-state index in [1.165, 1.54) is 12.1 Å². The lowest BCUT2D eigenvalue weighted by atomic mass is 10.00. The maximum Gasteiger partial charge on any atom is 0.416 e. The van der Waals surface area contributed by atoms with Crippen LogP contribution in [0.5, 0.6) is 5.75 Å². The summed E-state index contributed by atoms with van der Waals surface area (Å²) in [6, 6.07) is 22.9. The van der Waals surface area contributed by atoms with E-state index >= 15 is 0 Å². The van der Waals surface area contributed by atoms with Gasteiger partial charge in [-0.25, -0.2) is 0 Å². The molecule has 3 aromatic rings. The van der Waals surface area contributed by atoms with Crippen molar-refractivity contribution in [1.29, 1.82) is 0 Å². The molecule has 158 valence electrons. The van der Waals surface area contributed by atoms with E-state index in [-0.39, 0.29) is 6.10 Å². The summed E-state index contributed by atoms with van der Waals surface area (Å²) >= 11 is 0. The molecule has 0 aromatic heterocycles. The monoisotopic (exact) mass is 412 g/mol. The SMILES string of the molecule is CC(C)CCCC(Oc1ccc(-c2ccc(C(F)(F)F)cc2)cc1)c1ccccc1. The van der Waals surface area contributed by atoms with Crippen LogP contribution < -0.4 is 4.74 Å². The third-order valence-corrected chi connectivity index (χ3v) is 5.10. The lowest BCUT2D eigenvalue weighted by Crippen LogP contribution is -2.08. The Morgan fingerprint density at radius 3 is 1.83 bits per heavy atom. The minimum Gasteiger partial charge on any atom is -0.486 e. The Balaban J connectivity index is 1.71. The van der Waals surface area contributed by atoms with Gasteiger partial charge in [0.05, 0.1) is 5.56 Å². The van der Waals surface area contributed by atoms with Crippen LogP contribution in [0.25, 0.3) is 11.1 Å². The molecule has 1 unspecified atom stereocenters. The molecule has 3 aromatic carbocycles. The number of ether oxygens (including phenoxy) is 1. The van der Waals surface area contributed by atoms with E-state index in [1.807, 2.05) is 42.5 Å². The number of rotatable bonds is 8. The molecule has 0 fully saturated rings. The second-order valence-corrected chi connectivity index (χ2v) is 7.94. The highest BCUT2D eigenvalue weighted by atomic mass is 19.4. The fraction of sp³-hybridized carbons (Fsp3) is 0.308. The van der Waals surface area contributed by atoms with Crippen molar-refractivity contribution < 1.29 is 17.9 Å². The lowest BCUT2D eigenvalue weighted by molar-refractivity contribution is -0.137. The first-order valence-electron chi connectivity index (χ1n) is 10.3. The minimum absolute atomic E-state index is 0.0260. The summed E-state index contributed by atoms with van der Waals surface area (Å²) < 4.78 is 44.5. The second-order valence-electron chi connectivity index (χ2n) is 7.94. The van der Waals surface area contributed by atoms with E-state index < -0.39 is 11.7 Å². The van der Waals surface area contributed by atoms with Gasteiger partial charge >= 0.3 is 6.18 Å². The summed E-state index contributed by atoms with van der Waals surface area (Å²) in [6.07, 6.45) is -1.18. The fourth-order valence-electron chi connectivity index (χ4n) is 3.41. The maximum absolute atomic E-state index is 12.8. The summed E-state index contributed by atoms with van der Waals surface area (Å²) in [5, 5.41) is 0. The van der Waals surface area contributed by atoms with Crippen molar-refractivity contribution in [3.8, 4) is 16.9 Å². The van der Waals surface area contributed by atoms with Crippen molar-refractivity contribution >= 4 is 0 Å². The van der Waals surface area contributed by atoms with Crippen LogP contribution >= 0.6 is 0 Å². The van der Waals surface area contributed by atoms with Gasteiger partial charge in [-0.05, 0) is 59.7 Å². The van der Waals surface area contributed by atoms with Gasteiger partial charge in [-0.15, -0.1) is 0 Å². The molecule has 0 aliphatic carbocycles. The number of hydrogen-bond acceptors (Lipinski definition) is 1. The quantitative estimate of drug-likeness (QED) is 0.361. The molecule has 0 bridgehead atoms. The van der Waals surface area contributed by atoms with Gasteiger partial charge in [-0.2, -0.15) is 13.2 Å². The highest BCUT2D eigenvalue weighted by molar-refractivity contribution is 5.64. The Labute approximate surface area is 176 Å². The minimum atomic E-state index is -4.32. The molecule has 0 aliphatic rings. The van der Waals surface area contributed by atoms with Crippen LogP contribution in [0.4, 0.5) is 13.2 Å². The molecule has 0 heterocycles. The van der Waals surface area contributed by atoms with Crippen LogP contribution in [-0.2, 0) is 6.18 Å². The van der Waals surface area contributed by atoms with E-state index in [1.54, 1.807) is 0 Å². The van der Waals surface area contributed by atoms with Crippen LogP contribution in [0.2, 0.25) is 0 Å². The molecule has 3 rings (SSSR count). The normalized spacial score (nSPS) is 12.7. The molecular weight excluding hydrogens is 385 g/mol. The van der Waals surface area contributed by atoms with Gasteiger partial charge in [0.15, 0.2) is 0 Å². The van der Waals surface area contributed by atoms with E-state index in [9.17, 15) is 13.2 Å². The van der Waals surface area contributed by atoms with E-state index in [0.717, 1.165) is 53.8 Å². The average Bonchev–Trinajstić information content (AvgIpc) is 2.73. The second kappa shape index (κ2) is 9.84. The van der Waals surface area contributed by atoms with Gasteiger partial charge in [0, 0.05) is 0 Å². The van der Waals surface area contributed by atoms with E-state index in [2.05, 4.69) is 26.0 Å². The number of halogens is 3. The van der Waals surface area contributed by atoms with Crippen molar-refractivity contribution in [2.45, 2.75) is 45.4 Å². The van der Waals surface area contributed by atoms with Gasteiger partial charge in [0.1, 0.15) is 11.9 Å². The first-order chi connectivity index (χ1) is 14.3. The molecule has 0 aliphatic heterocycles. The Morgan fingerprint density at radius 1 is 0.733 bits per heavy atom. The molecule has 0 radical (unpaired) electrons. The molecule has 0 N–H and O–H groups in total. The largest absolute Gasteiger partial charge is 0.486 e. The molecule has 1 nitrogen and oxygen atoms in total. The van der Waals surface area contributed by atoms with Crippen LogP contribution in [0.15, 0.2) is 78.9 Å². The molecule has 0 amide bonds. The third-order valence-electron chi connectivity index (χ3n) is 5.10. The van der Waals surface area contributed by atoms with Crippen LogP contribution in [0.1, 0.15) is 50.3 Å². The van der Waals surface area contributed by atoms with Crippen LogP contribution in [0.3, 0.4) is 0 Å². The van der Waals surface area contributed by atoms with E-state index in [4.69, 9.17) is 4.74 Å². The molecular formula is C26H27F3O. The zero-order valence-corrected chi connectivity index (χ0v) is 17.3.